The molecule has 0 saturated heterocycles. The standard InChI is InChI=1S/C30H27ClF3N3O4/c1-17(29(39)40)41-21-10-11-26(24(34)14-21)36(18(2)38)30(12-4-3-5-13-30)37-27-16-23(33)22(32)15-25(27)35-28(37)19-6-8-20(31)9-7-19/h6-11,14-17H,3-5,12-13H2,1-2H3,(H,39,40). The quantitative estimate of drug-likeness (QED) is 0.246. The molecule has 1 aliphatic carbocycles. The van der Waals surface area contributed by atoms with E-state index in [1.54, 1.807) is 28.8 Å². The molecule has 214 valence electrons. The van der Waals surface area contributed by atoms with Crippen molar-refractivity contribution in [3.63, 3.8) is 0 Å². The van der Waals surface area contributed by atoms with E-state index in [-0.39, 0.29) is 22.5 Å². The number of hydrogen-bond donors (Lipinski definition) is 1. The number of hydrogen-bond acceptors (Lipinski definition) is 4. The van der Waals surface area contributed by atoms with Crippen LogP contribution in [0.3, 0.4) is 0 Å². The topological polar surface area (TPSA) is 84.7 Å². The number of aromatic nitrogens is 2. The van der Waals surface area contributed by atoms with Crippen molar-refractivity contribution in [2.24, 2.45) is 0 Å². The molecule has 1 atom stereocenters. The van der Waals surface area contributed by atoms with E-state index in [0.717, 1.165) is 24.6 Å². The van der Waals surface area contributed by atoms with Crippen molar-refractivity contribution in [3.8, 4) is 17.1 Å². The molecule has 7 nitrogen and oxygen atoms in total. The largest absolute Gasteiger partial charge is 0.479 e. The fourth-order valence-electron chi connectivity index (χ4n) is 5.64. The van der Waals surface area contributed by atoms with Crippen LogP contribution < -0.4 is 9.64 Å². The van der Waals surface area contributed by atoms with E-state index in [1.165, 1.54) is 30.9 Å². The van der Waals surface area contributed by atoms with Gasteiger partial charge in [0.25, 0.3) is 0 Å². The number of carbonyl (C=O) groups excluding carboxylic acids is 1. The Hall–Kier alpha value is -4.05. The molecule has 1 heterocycles. The van der Waals surface area contributed by atoms with E-state index < -0.39 is 41.1 Å². The lowest BCUT2D eigenvalue weighted by Crippen LogP contribution is -2.55. The number of fused-ring (bicyclic) bond motifs is 1. The van der Waals surface area contributed by atoms with Gasteiger partial charge < -0.3 is 9.84 Å². The average molecular weight is 586 g/mol. The molecule has 4 aromatic rings. The number of halogens is 4. The summed E-state index contributed by atoms with van der Waals surface area (Å²) in [6.45, 7) is 2.63. The van der Waals surface area contributed by atoms with E-state index >= 15 is 4.39 Å². The Morgan fingerprint density at radius 1 is 1.00 bits per heavy atom. The number of ether oxygens (including phenoxy) is 1. The Morgan fingerprint density at radius 2 is 1.66 bits per heavy atom. The Bertz CT molecular complexity index is 1630. The van der Waals surface area contributed by atoms with Crippen molar-refractivity contribution in [2.75, 3.05) is 4.90 Å². The maximum absolute atomic E-state index is 15.8. The predicted molar refractivity (Wildman–Crippen MR) is 148 cm³/mol. The first-order valence-electron chi connectivity index (χ1n) is 13.2. The molecule has 1 fully saturated rings. The number of carboxylic acids is 1. The van der Waals surface area contributed by atoms with Crippen molar-refractivity contribution in [3.05, 3.63) is 77.1 Å². The molecule has 0 radical (unpaired) electrons. The fourth-order valence-corrected chi connectivity index (χ4v) is 5.76. The van der Waals surface area contributed by atoms with Crippen LogP contribution in [0.15, 0.2) is 54.6 Å². The Balaban J connectivity index is 1.76. The highest BCUT2D eigenvalue weighted by molar-refractivity contribution is 6.30. The first-order chi connectivity index (χ1) is 19.5. The van der Waals surface area contributed by atoms with Crippen LogP contribution >= 0.6 is 11.6 Å². The molecule has 1 saturated carbocycles. The summed E-state index contributed by atoms with van der Waals surface area (Å²) in [7, 11) is 0. The number of carboxylic acid groups (broad SMARTS) is 1. The smallest absolute Gasteiger partial charge is 0.344 e. The minimum absolute atomic E-state index is 0.0187. The highest BCUT2D eigenvalue weighted by atomic mass is 35.5. The van der Waals surface area contributed by atoms with Crippen LogP contribution in [0.1, 0.15) is 46.0 Å². The second-order valence-electron chi connectivity index (χ2n) is 10.1. The van der Waals surface area contributed by atoms with Gasteiger partial charge in [-0.1, -0.05) is 18.0 Å². The monoisotopic (exact) mass is 585 g/mol. The van der Waals surface area contributed by atoms with Gasteiger partial charge >= 0.3 is 5.97 Å². The van der Waals surface area contributed by atoms with Crippen molar-refractivity contribution in [2.45, 2.75) is 57.7 Å². The molecule has 0 aliphatic heterocycles. The van der Waals surface area contributed by atoms with Crippen molar-refractivity contribution < 1.29 is 32.6 Å². The second kappa shape index (κ2) is 11.1. The SMILES string of the molecule is CC(=O)N(c1ccc(OC(C)C(=O)O)cc1F)C1(n2c(-c3ccc(Cl)cc3)nc3cc(F)c(F)cc32)CCCCC1. The number of carbonyl (C=O) groups is 2. The molecular formula is C30H27ClF3N3O4. The zero-order valence-corrected chi connectivity index (χ0v) is 23.1. The maximum atomic E-state index is 15.8. The van der Waals surface area contributed by atoms with Gasteiger partial charge in [-0.2, -0.15) is 0 Å². The van der Waals surface area contributed by atoms with E-state index in [4.69, 9.17) is 21.4 Å². The van der Waals surface area contributed by atoms with Gasteiger partial charge in [-0.05, 0) is 69.0 Å². The van der Waals surface area contributed by atoms with Gasteiger partial charge in [0.2, 0.25) is 5.91 Å². The number of rotatable bonds is 7. The lowest BCUT2D eigenvalue weighted by atomic mass is 9.85. The summed E-state index contributed by atoms with van der Waals surface area (Å²) in [4.78, 5) is 30.7. The normalized spacial score (nSPS) is 15.5. The average Bonchev–Trinajstić information content (AvgIpc) is 3.29. The minimum atomic E-state index is -1.24. The summed E-state index contributed by atoms with van der Waals surface area (Å²) in [5.41, 5.74) is -0.296. The zero-order valence-electron chi connectivity index (χ0n) is 22.3. The molecule has 1 N–H and O–H groups in total. The van der Waals surface area contributed by atoms with E-state index in [9.17, 15) is 18.4 Å². The Morgan fingerprint density at radius 3 is 2.27 bits per heavy atom. The summed E-state index contributed by atoms with van der Waals surface area (Å²) < 4.78 is 51.9. The van der Waals surface area contributed by atoms with Crippen molar-refractivity contribution in [1.82, 2.24) is 9.55 Å². The summed E-state index contributed by atoms with van der Waals surface area (Å²) in [6, 6.07) is 12.6. The molecule has 1 unspecified atom stereocenters. The first kappa shape index (κ1) is 28.5. The third-order valence-corrected chi connectivity index (χ3v) is 7.67. The van der Waals surface area contributed by atoms with Crippen LogP contribution in [0.4, 0.5) is 18.9 Å². The number of amides is 1. The molecule has 11 heteroatoms. The van der Waals surface area contributed by atoms with Crippen LogP contribution in [0.5, 0.6) is 5.75 Å². The first-order valence-corrected chi connectivity index (χ1v) is 13.5. The second-order valence-corrected chi connectivity index (χ2v) is 10.6. The Labute approximate surface area is 239 Å². The molecular weight excluding hydrogens is 559 g/mol. The van der Waals surface area contributed by atoms with Crippen LogP contribution in [0.25, 0.3) is 22.4 Å². The summed E-state index contributed by atoms with van der Waals surface area (Å²) in [6.07, 6.45) is 1.75. The minimum Gasteiger partial charge on any atom is -0.479 e. The summed E-state index contributed by atoms with van der Waals surface area (Å²) >= 11 is 6.12. The Kier molecular flexibility index (Phi) is 7.70. The van der Waals surface area contributed by atoms with Crippen LogP contribution in [0, 0.1) is 17.5 Å². The van der Waals surface area contributed by atoms with Gasteiger partial charge in [0.1, 0.15) is 17.2 Å². The molecule has 1 aliphatic rings. The van der Waals surface area contributed by atoms with Gasteiger partial charge in [0.05, 0.1) is 16.7 Å². The van der Waals surface area contributed by atoms with Crippen LogP contribution in [0.2, 0.25) is 5.02 Å². The van der Waals surface area contributed by atoms with E-state index in [0.29, 0.717) is 42.1 Å². The van der Waals surface area contributed by atoms with Crippen LogP contribution in [-0.2, 0) is 15.3 Å². The predicted octanol–water partition coefficient (Wildman–Crippen LogP) is 7.30. The third-order valence-electron chi connectivity index (χ3n) is 7.42. The molecule has 41 heavy (non-hydrogen) atoms. The summed E-state index contributed by atoms with van der Waals surface area (Å²) in [5, 5.41) is 9.64. The van der Waals surface area contributed by atoms with Gasteiger partial charge in [0, 0.05) is 35.7 Å². The molecule has 3 aromatic carbocycles. The summed E-state index contributed by atoms with van der Waals surface area (Å²) in [5.74, 6) is -4.34. The number of anilines is 1. The zero-order chi connectivity index (χ0) is 29.5. The van der Waals surface area contributed by atoms with Gasteiger partial charge in [-0.25, -0.2) is 22.9 Å². The van der Waals surface area contributed by atoms with Gasteiger partial charge in [-0.15, -0.1) is 0 Å². The fraction of sp³-hybridized carbons (Fsp3) is 0.300. The molecule has 5 rings (SSSR count). The van der Waals surface area contributed by atoms with E-state index in [1.807, 2.05) is 0 Å². The number of benzene rings is 3. The molecule has 1 aromatic heterocycles. The number of imidazole rings is 1. The van der Waals surface area contributed by atoms with Gasteiger partial charge in [0.15, 0.2) is 23.6 Å². The lowest BCUT2D eigenvalue weighted by Gasteiger charge is -2.48. The number of nitrogens with zero attached hydrogens (tertiary/aromatic N) is 3. The van der Waals surface area contributed by atoms with Crippen molar-refractivity contribution >= 4 is 40.2 Å². The highest BCUT2D eigenvalue weighted by Crippen LogP contribution is 2.46. The number of aliphatic carboxylic acids is 1. The molecule has 1 amide bonds. The molecule has 0 bridgehead atoms. The van der Waals surface area contributed by atoms with E-state index in [2.05, 4.69) is 4.98 Å². The third kappa shape index (κ3) is 5.24. The lowest BCUT2D eigenvalue weighted by molar-refractivity contribution is -0.144. The van der Waals surface area contributed by atoms with Gasteiger partial charge in [-0.3, -0.25) is 14.3 Å². The van der Waals surface area contributed by atoms with Crippen LogP contribution in [-0.4, -0.2) is 32.6 Å². The maximum Gasteiger partial charge on any atom is 0.344 e. The highest BCUT2D eigenvalue weighted by Gasteiger charge is 2.45. The molecule has 0 spiro atoms. The van der Waals surface area contributed by atoms with Crippen molar-refractivity contribution in [1.29, 1.82) is 0 Å².